The summed E-state index contributed by atoms with van der Waals surface area (Å²) in [7, 11) is 8.00. The van der Waals surface area contributed by atoms with E-state index in [-0.39, 0.29) is 12.1 Å². The number of anilines is 1. The molecule has 1 unspecified atom stereocenters. The number of fused-ring (bicyclic) bond motifs is 1. The average molecular weight is 655 g/mol. The lowest BCUT2D eigenvalue weighted by atomic mass is 10.0. The molecule has 1 aliphatic heterocycles. The molecule has 1 amide bonds. The Hall–Kier alpha value is -5.51. The third-order valence-corrected chi connectivity index (χ3v) is 7.95. The Labute approximate surface area is 281 Å². The molecule has 0 bridgehead atoms. The van der Waals surface area contributed by atoms with Gasteiger partial charge in [-0.05, 0) is 79.4 Å². The van der Waals surface area contributed by atoms with Crippen molar-refractivity contribution in [2.45, 2.75) is 25.9 Å². The van der Waals surface area contributed by atoms with E-state index in [1.54, 1.807) is 35.5 Å². The fourth-order valence-corrected chi connectivity index (χ4v) is 5.44. The summed E-state index contributed by atoms with van der Waals surface area (Å²) in [5.41, 5.74) is 5.11. The van der Waals surface area contributed by atoms with Gasteiger partial charge in [-0.15, -0.1) is 0 Å². The Morgan fingerprint density at radius 1 is 0.625 bits per heavy atom. The minimum atomic E-state index is -0.382. The lowest BCUT2D eigenvalue weighted by Gasteiger charge is -2.28. The maximum Gasteiger partial charge on any atom is 0.255 e. The molecule has 0 spiro atoms. The number of hydrogen-bond acceptors (Lipinski definition) is 9. The standard InChI is InChI=1S/C38H42N2O8/c1-24-9-15-29-28(21-24)38(41)40-37(39-29)27-14-17-31(33(23-27)44-4)47-19-7-8-20-48-34-22-25(11-16-30(34)42-2)10-12-26-13-18-32(43-3)36(46-6)35(26)45-5/h9-18,21-23,37,39H,7-8,19-20H2,1-6H3,(H,40,41). The molecule has 0 radical (unpaired) electrons. The fraction of sp³-hybridized carbons (Fsp3) is 0.289. The van der Waals surface area contributed by atoms with E-state index in [1.807, 2.05) is 85.8 Å². The summed E-state index contributed by atoms with van der Waals surface area (Å²) in [6, 6.07) is 21.0. The number of unbranched alkanes of at least 4 members (excludes halogenated alkanes) is 1. The number of carbonyl (C=O) groups excluding carboxylic acids is 1. The molecule has 0 aromatic heterocycles. The van der Waals surface area contributed by atoms with Crippen LogP contribution < -0.4 is 43.8 Å². The van der Waals surface area contributed by atoms with Crippen LogP contribution in [0.4, 0.5) is 5.69 Å². The third kappa shape index (κ3) is 7.71. The van der Waals surface area contributed by atoms with Crippen molar-refractivity contribution in [3.8, 4) is 40.2 Å². The monoisotopic (exact) mass is 654 g/mol. The predicted molar refractivity (Wildman–Crippen MR) is 186 cm³/mol. The van der Waals surface area contributed by atoms with Gasteiger partial charge in [0.2, 0.25) is 5.75 Å². The zero-order valence-corrected chi connectivity index (χ0v) is 28.2. The molecular weight excluding hydrogens is 612 g/mol. The molecule has 5 rings (SSSR count). The van der Waals surface area contributed by atoms with E-state index in [1.165, 1.54) is 0 Å². The second kappa shape index (κ2) is 15.9. The molecule has 4 aromatic carbocycles. The molecule has 4 aromatic rings. The summed E-state index contributed by atoms with van der Waals surface area (Å²) in [5.74, 6) is 4.13. The van der Waals surface area contributed by atoms with Crippen LogP contribution in [0.15, 0.2) is 66.7 Å². The van der Waals surface area contributed by atoms with Crippen molar-refractivity contribution in [3.05, 3.63) is 94.5 Å². The molecule has 2 N–H and O–H groups in total. The smallest absolute Gasteiger partial charge is 0.255 e. The highest BCUT2D eigenvalue weighted by Crippen LogP contribution is 2.41. The van der Waals surface area contributed by atoms with Crippen molar-refractivity contribution in [2.24, 2.45) is 0 Å². The van der Waals surface area contributed by atoms with Crippen LogP contribution in [0, 0.1) is 6.92 Å². The molecular formula is C38H42N2O8. The number of methoxy groups -OCH3 is 5. The van der Waals surface area contributed by atoms with Gasteiger partial charge in [0.05, 0.1) is 54.3 Å². The van der Waals surface area contributed by atoms with Crippen LogP contribution in [0.2, 0.25) is 0 Å². The van der Waals surface area contributed by atoms with Gasteiger partial charge in [-0.25, -0.2) is 0 Å². The number of nitrogens with one attached hydrogen (secondary N) is 2. The van der Waals surface area contributed by atoms with Crippen molar-refractivity contribution in [3.63, 3.8) is 0 Å². The van der Waals surface area contributed by atoms with E-state index >= 15 is 0 Å². The summed E-state index contributed by atoms with van der Waals surface area (Å²) in [6.07, 6.45) is 5.07. The lowest BCUT2D eigenvalue weighted by Crippen LogP contribution is -2.38. The minimum absolute atomic E-state index is 0.116. The summed E-state index contributed by atoms with van der Waals surface area (Å²) < 4.78 is 39.8. The summed E-state index contributed by atoms with van der Waals surface area (Å²) in [5, 5.41) is 6.41. The Bertz CT molecular complexity index is 1770. The Morgan fingerprint density at radius 2 is 1.31 bits per heavy atom. The normalized spacial score (nSPS) is 13.6. The first-order chi connectivity index (χ1) is 23.4. The van der Waals surface area contributed by atoms with Crippen molar-refractivity contribution in [2.75, 3.05) is 54.1 Å². The second-order valence-corrected chi connectivity index (χ2v) is 11.1. The highest BCUT2D eigenvalue weighted by Gasteiger charge is 2.25. The molecule has 10 heteroatoms. The second-order valence-electron chi connectivity index (χ2n) is 11.1. The molecule has 0 aliphatic carbocycles. The first kappa shape index (κ1) is 33.8. The lowest BCUT2D eigenvalue weighted by molar-refractivity contribution is 0.0935. The number of aryl methyl sites for hydroxylation is 1. The van der Waals surface area contributed by atoms with Crippen LogP contribution in [-0.2, 0) is 0 Å². The van der Waals surface area contributed by atoms with E-state index < -0.39 is 0 Å². The number of benzene rings is 4. The topological polar surface area (TPSA) is 106 Å². The van der Waals surface area contributed by atoms with Crippen LogP contribution in [0.5, 0.6) is 40.2 Å². The first-order valence-corrected chi connectivity index (χ1v) is 15.7. The maximum atomic E-state index is 12.7. The Morgan fingerprint density at radius 3 is 2.02 bits per heavy atom. The Kier molecular flexibility index (Phi) is 11.2. The zero-order valence-electron chi connectivity index (χ0n) is 28.2. The van der Waals surface area contributed by atoms with Gasteiger partial charge < -0.3 is 43.8 Å². The molecule has 0 saturated carbocycles. The van der Waals surface area contributed by atoms with Crippen LogP contribution in [-0.4, -0.2) is 54.7 Å². The van der Waals surface area contributed by atoms with Gasteiger partial charge >= 0.3 is 0 Å². The molecule has 1 heterocycles. The number of hydrogen-bond donors (Lipinski definition) is 2. The zero-order chi connectivity index (χ0) is 34.0. The average Bonchev–Trinajstić information content (AvgIpc) is 3.11. The third-order valence-electron chi connectivity index (χ3n) is 7.95. The van der Waals surface area contributed by atoms with Crippen LogP contribution >= 0.6 is 0 Å². The van der Waals surface area contributed by atoms with Crippen molar-refractivity contribution in [1.29, 1.82) is 0 Å². The van der Waals surface area contributed by atoms with E-state index in [0.717, 1.165) is 40.8 Å². The quantitative estimate of drug-likeness (QED) is 0.101. The number of carbonyl (C=O) groups is 1. The molecule has 252 valence electrons. The molecule has 1 atom stereocenters. The number of ether oxygens (including phenoxy) is 7. The molecule has 48 heavy (non-hydrogen) atoms. The van der Waals surface area contributed by atoms with Crippen LogP contribution in [0.25, 0.3) is 12.2 Å². The van der Waals surface area contributed by atoms with Crippen LogP contribution in [0.3, 0.4) is 0 Å². The van der Waals surface area contributed by atoms with Gasteiger partial charge in [0.15, 0.2) is 34.5 Å². The van der Waals surface area contributed by atoms with E-state index in [0.29, 0.717) is 59.0 Å². The van der Waals surface area contributed by atoms with Gasteiger partial charge in [-0.2, -0.15) is 0 Å². The largest absolute Gasteiger partial charge is 0.493 e. The molecule has 0 fully saturated rings. The van der Waals surface area contributed by atoms with Gasteiger partial charge in [-0.3, -0.25) is 4.79 Å². The van der Waals surface area contributed by atoms with Crippen LogP contribution in [0.1, 0.15) is 51.6 Å². The van der Waals surface area contributed by atoms with E-state index in [2.05, 4.69) is 10.6 Å². The molecule has 1 aliphatic rings. The summed E-state index contributed by atoms with van der Waals surface area (Å²) in [6.45, 7) is 2.94. The molecule has 10 nitrogen and oxygen atoms in total. The van der Waals surface area contributed by atoms with Gasteiger partial charge in [0.1, 0.15) is 6.17 Å². The first-order valence-electron chi connectivity index (χ1n) is 15.7. The van der Waals surface area contributed by atoms with Crippen molar-refractivity contribution in [1.82, 2.24) is 5.32 Å². The van der Waals surface area contributed by atoms with Gasteiger partial charge in [0.25, 0.3) is 5.91 Å². The van der Waals surface area contributed by atoms with E-state index in [4.69, 9.17) is 33.2 Å². The van der Waals surface area contributed by atoms with Crippen molar-refractivity contribution < 1.29 is 38.0 Å². The molecule has 0 saturated heterocycles. The fourth-order valence-electron chi connectivity index (χ4n) is 5.44. The minimum Gasteiger partial charge on any atom is -0.493 e. The van der Waals surface area contributed by atoms with E-state index in [9.17, 15) is 4.79 Å². The maximum absolute atomic E-state index is 12.7. The summed E-state index contributed by atoms with van der Waals surface area (Å²) >= 11 is 0. The number of amides is 1. The summed E-state index contributed by atoms with van der Waals surface area (Å²) in [4.78, 5) is 12.7. The van der Waals surface area contributed by atoms with Gasteiger partial charge in [-0.1, -0.05) is 35.9 Å². The Balaban J connectivity index is 1.14. The van der Waals surface area contributed by atoms with Crippen molar-refractivity contribution >= 4 is 23.7 Å². The number of rotatable bonds is 15. The highest BCUT2D eigenvalue weighted by molar-refractivity contribution is 6.01. The van der Waals surface area contributed by atoms with Gasteiger partial charge in [0, 0.05) is 11.3 Å². The predicted octanol–water partition coefficient (Wildman–Crippen LogP) is 7.30. The highest BCUT2D eigenvalue weighted by atomic mass is 16.5. The SMILES string of the molecule is COc1cc(C2NC(=O)c3cc(C)ccc3N2)ccc1OCCCCOc1cc(C=Cc2ccc(OC)c(OC)c2OC)ccc1OC.